The maximum absolute atomic E-state index is 6.30. The topological polar surface area (TPSA) is 26.0 Å². The molecule has 0 saturated carbocycles. The molecule has 1 aliphatic carbocycles. The minimum atomic E-state index is 0.254. The van der Waals surface area contributed by atoms with Crippen LogP contribution in [0.25, 0.3) is 0 Å². The van der Waals surface area contributed by atoms with E-state index in [0.29, 0.717) is 0 Å². The number of aryl methyl sites for hydroxylation is 2. The third kappa shape index (κ3) is 2.46. The van der Waals surface area contributed by atoms with E-state index >= 15 is 0 Å². The molecule has 2 rings (SSSR count). The minimum absolute atomic E-state index is 0.254. The van der Waals surface area contributed by atoms with Crippen molar-refractivity contribution < 1.29 is 0 Å². The van der Waals surface area contributed by atoms with Crippen LogP contribution in [0.3, 0.4) is 0 Å². The summed E-state index contributed by atoms with van der Waals surface area (Å²) in [6, 6.07) is 7.19. The Morgan fingerprint density at radius 2 is 2.19 bits per heavy atom. The lowest BCUT2D eigenvalue weighted by atomic mass is 9.95. The van der Waals surface area contributed by atoms with E-state index < -0.39 is 0 Å². The second-order valence-electron chi connectivity index (χ2n) is 5.27. The molecule has 1 aliphatic rings. The zero-order valence-corrected chi connectivity index (χ0v) is 10.5. The van der Waals surface area contributed by atoms with Crippen molar-refractivity contribution in [3.05, 3.63) is 34.9 Å². The fourth-order valence-electron chi connectivity index (χ4n) is 2.74. The summed E-state index contributed by atoms with van der Waals surface area (Å²) in [4.78, 5) is 0. The van der Waals surface area contributed by atoms with Gasteiger partial charge in [-0.3, -0.25) is 0 Å². The first kappa shape index (κ1) is 11.7. The zero-order valence-electron chi connectivity index (χ0n) is 10.5. The number of nitrogens with two attached hydrogens (primary N) is 1. The first-order valence-corrected chi connectivity index (χ1v) is 6.58. The molecule has 2 N–H and O–H groups in total. The summed E-state index contributed by atoms with van der Waals surface area (Å²) in [7, 11) is 0. The van der Waals surface area contributed by atoms with Crippen molar-refractivity contribution in [3.63, 3.8) is 0 Å². The van der Waals surface area contributed by atoms with Gasteiger partial charge in [0.25, 0.3) is 0 Å². The van der Waals surface area contributed by atoms with Crippen LogP contribution in [-0.4, -0.2) is 0 Å². The molecule has 1 heteroatoms. The Hall–Kier alpha value is -0.820. The summed E-state index contributed by atoms with van der Waals surface area (Å²) in [5.74, 6) is 0.761. The Bertz CT molecular complexity index is 356. The molecule has 0 saturated heterocycles. The molecule has 1 aromatic carbocycles. The molecule has 0 amide bonds. The summed E-state index contributed by atoms with van der Waals surface area (Å²) in [5.41, 5.74) is 10.6. The van der Waals surface area contributed by atoms with Gasteiger partial charge in [-0.25, -0.2) is 0 Å². The standard InChI is InChI=1S/C15H23N/c1-3-4-12-6-8-13-7-5-11(2)9-15(16)14(13)10-12/h6,8,10-11,15H,3-5,7,9,16H2,1-2H3. The van der Waals surface area contributed by atoms with Gasteiger partial charge in [-0.05, 0) is 48.3 Å². The third-order valence-electron chi connectivity index (χ3n) is 3.71. The monoisotopic (exact) mass is 217 g/mol. The van der Waals surface area contributed by atoms with Crippen LogP contribution in [0.15, 0.2) is 18.2 Å². The van der Waals surface area contributed by atoms with Crippen LogP contribution < -0.4 is 5.73 Å². The van der Waals surface area contributed by atoms with Crippen LogP contribution in [0.1, 0.15) is 55.8 Å². The van der Waals surface area contributed by atoms with Gasteiger partial charge >= 0.3 is 0 Å². The molecule has 0 fully saturated rings. The molecule has 2 atom stereocenters. The molecule has 0 aliphatic heterocycles. The molecule has 1 nitrogen and oxygen atoms in total. The third-order valence-corrected chi connectivity index (χ3v) is 3.71. The molecule has 0 radical (unpaired) electrons. The first-order valence-electron chi connectivity index (χ1n) is 6.58. The molecule has 0 spiro atoms. The van der Waals surface area contributed by atoms with Crippen LogP contribution in [0.2, 0.25) is 0 Å². The number of rotatable bonds is 2. The molecular formula is C15H23N. The van der Waals surface area contributed by atoms with Crippen LogP contribution in [0.4, 0.5) is 0 Å². The lowest BCUT2D eigenvalue weighted by molar-refractivity contribution is 0.464. The predicted molar refractivity (Wildman–Crippen MR) is 69.5 cm³/mol. The fourth-order valence-corrected chi connectivity index (χ4v) is 2.74. The normalized spacial score (nSPS) is 24.9. The van der Waals surface area contributed by atoms with Crippen molar-refractivity contribution in [2.24, 2.45) is 11.7 Å². The highest BCUT2D eigenvalue weighted by Gasteiger charge is 2.19. The summed E-state index contributed by atoms with van der Waals surface area (Å²) in [6.07, 6.45) is 6.02. The van der Waals surface area contributed by atoms with Gasteiger partial charge in [0, 0.05) is 6.04 Å². The van der Waals surface area contributed by atoms with E-state index in [0.717, 1.165) is 12.3 Å². The lowest BCUT2D eigenvalue weighted by Crippen LogP contribution is -2.13. The van der Waals surface area contributed by atoms with E-state index in [-0.39, 0.29) is 6.04 Å². The largest absolute Gasteiger partial charge is 0.324 e. The second-order valence-corrected chi connectivity index (χ2v) is 5.27. The highest BCUT2D eigenvalue weighted by atomic mass is 14.6. The van der Waals surface area contributed by atoms with Crippen molar-refractivity contribution in [2.75, 3.05) is 0 Å². The minimum Gasteiger partial charge on any atom is -0.324 e. The van der Waals surface area contributed by atoms with Crippen LogP contribution >= 0.6 is 0 Å². The van der Waals surface area contributed by atoms with E-state index in [1.54, 1.807) is 0 Å². The fraction of sp³-hybridized carbons (Fsp3) is 0.600. The van der Waals surface area contributed by atoms with Crippen molar-refractivity contribution in [3.8, 4) is 0 Å². The quantitative estimate of drug-likeness (QED) is 0.752. The maximum Gasteiger partial charge on any atom is 0.0300 e. The smallest absolute Gasteiger partial charge is 0.0300 e. The summed E-state index contributed by atoms with van der Waals surface area (Å²) in [6.45, 7) is 4.55. The number of hydrogen-bond acceptors (Lipinski definition) is 1. The zero-order chi connectivity index (χ0) is 11.5. The number of fused-ring (bicyclic) bond motifs is 1. The van der Waals surface area contributed by atoms with Gasteiger partial charge in [0.1, 0.15) is 0 Å². The van der Waals surface area contributed by atoms with Crippen LogP contribution in [-0.2, 0) is 12.8 Å². The highest BCUT2D eigenvalue weighted by molar-refractivity contribution is 5.35. The van der Waals surface area contributed by atoms with E-state index in [1.165, 1.54) is 42.4 Å². The van der Waals surface area contributed by atoms with Crippen LogP contribution in [0, 0.1) is 5.92 Å². The van der Waals surface area contributed by atoms with Crippen molar-refractivity contribution in [1.82, 2.24) is 0 Å². The molecule has 88 valence electrons. The van der Waals surface area contributed by atoms with Gasteiger partial charge in [-0.2, -0.15) is 0 Å². The first-order chi connectivity index (χ1) is 7.70. The summed E-state index contributed by atoms with van der Waals surface area (Å²) >= 11 is 0. The molecule has 0 aromatic heterocycles. The molecule has 1 aromatic rings. The van der Waals surface area contributed by atoms with Gasteiger partial charge in [-0.15, -0.1) is 0 Å². The van der Waals surface area contributed by atoms with Gasteiger partial charge in [0.05, 0.1) is 0 Å². The van der Waals surface area contributed by atoms with E-state index in [4.69, 9.17) is 5.73 Å². The van der Waals surface area contributed by atoms with E-state index in [1.807, 2.05) is 0 Å². The summed E-state index contributed by atoms with van der Waals surface area (Å²) < 4.78 is 0. The summed E-state index contributed by atoms with van der Waals surface area (Å²) in [5, 5.41) is 0. The predicted octanol–water partition coefficient (Wildman–Crippen LogP) is 3.61. The highest BCUT2D eigenvalue weighted by Crippen LogP contribution is 2.31. The molecule has 2 unspecified atom stereocenters. The Labute approximate surface area is 99.0 Å². The molecule has 0 heterocycles. The molecular weight excluding hydrogens is 194 g/mol. The Morgan fingerprint density at radius 1 is 1.38 bits per heavy atom. The Kier molecular flexibility index (Phi) is 3.65. The molecule has 16 heavy (non-hydrogen) atoms. The van der Waals surface area contributed by atoms with Crippen LogP contribution in [0.5, 0.6) is 0 Å². The molecule has 0 bridgehead atoms. The lowest BCUT2D eigenvalue weighted by Gasteiger charge is -2.15. The number of benzene rings is 1. The van der Waals surface area contributed by atoms with Crippen molar-refractivity contribution in [1.29, 1.82) is 0 Å². The van der Waals surface area contributed by atoms with E-state index in [2.05, 4.69) is 32.0 Å². The van der Waals surface area contributed by atoms with Gasteiger partial charge < -0.3 is 5.73 Å². The van der Waals surface area contributed by atoms with Gasteiger partial charge in [0.2, 0.25) is 0 Å². The van der Waals surface area contributed by atoms with Crippen molar-refractivity contribution >= 4 is 0 Å². The maximum atomic E-state index is 6.30. The van der Waals surface area contributed by atoms with Gasteiger partial charge in [-0.1, -0.05) is 38.5 Å². The van der Waals surface area contributed by atoms with E-state index in [9.17, 15) is 0 Å². The Balaban J connectivity index is 2.30. The van der Waals surface area contributed by atoms with Gasteiger partial charge in [0.15, 0.2) is 0 Å². The average Bonchev–Trinajstić information content (AvgIpc) is 2.40. The second kappa shape index (κ2) is 5.01. The number of hydrogen-bond donors (Lipinski definition) is 1. The average molecular weight is 217 g/mol. The SMILES string of the molecule is CCCc1ccc2c(c1)C(N)CC(C)CC2. The Morgan fingerprint density at radius 3 is 2.94 bits per heavy atom. The van der Waals surface area contributed by atoms with Crippen molar-refractivity contribution in [2.45, 2.75) is 52.0 Å².